The van der Waals surface area contributed by atoms with Crippen LogP contribution in [-0.4, -0.2) is 35.3 Å². The molecule has 0 radical (unpaired) electrons. The Balaban J connectivity index is 2.20. The van der Waals surface area contributed by atoms with Crippen LogP contribution in [0.2, 0.25) is 5.02 Å². The molecular formula is C16H12BrClF3N3O2S. The zero-order valence-electron chi connectivity index (χ0n) is 13.7. The van der Waals surface area contributed by atoms with Crippen molar-refractivity contribution in [2.45, 2.75) is 24.4 Å². The van der Waals surface area contributed by atoms with Gasteiger partial charge in [-0.05, 0) is 33.6 Å². The molecule has 0 aromatic carbocycles. The lowest BCUT2D eigenvalue weighted by atomic mass is 10.2. The van der Waals surface area contributed by atoms with E-state index >= 15 is 0 Å². The highest BCUT2D eigenvalue weighted by molar-refractivity contribution is 9.10. The molecule has 3 rings (SSSR count). The summed E-state index contributed by atoms with van der Waals surface area (Å²) in [4.78, 5) is 11.0. The summed E-state index contributed by atoms with van der Waals surface area (Å²) >= 11 is 9.51. The van der Waals surface area contributed by atoms with E-state index in [0.717, 1.165) is 6.20 Å². The highest BCUT2D eigenvalue weighted by Gasteiger charge is 2.29. The Morgan fingerprint density at radius 1 is 1.22 bits per heavy atom. The second kappa shape index (κ2) is 7.06. The third kappa shape index (κ3) is 4.12. The normalized spacial score (nSPS) is 12.7. The molecule has 0 atom stereocenters. The molecule has 0 unspecified atom stereocenters. The van der Waals surface area contributed by atoms with Crippen molar-refractivity contribution in [2.24, 2.45) is 0 Å². The van der Waals surface area contributed by atoms with Crippen molar-refractivity contribution in [2.75, 3.05) is 5.75 Å². The number of sulfone groups is 1. The van der Waals surface area contributed by atoms with E-state index in [0.29, 0.717) is 4.47 Å². The molecule has 144 valence electrons. The van der Waals surface area contributed by atoms with Gasteiger partial charge < -0.3 is 4.98 Å². The molecule has 0 aliphatic carbocycles. The van der Waals surface area contributed by atoms with Crippen LogP contribution in [0, 0.1) is 0 Å². The van der Waals surface area contributed by atoms with Crippen LogP contribution in [0.5, 0.6) is 0 Å². The predicted octanol–water partition coefficient (Wildman–Crippen LogP) is 4.94. The van der Waals surface area contributed by atoms with Crippen LogP contribution < -0.4 is 0 Å². The molecule has 0 aliphatic rings. The Morgan fingerprint density at radius 2 is 1.93 bits per heavy atom. The summed E-state index contributed by atoms with van der Waals surface area (Å²) in [7, 11) is -3.63. The summed E-state index contributed by atoms with van der Waals surface area (Å²) < 4.78 is 63.1. The molecule has 1 N–H and O–H groups in total. The lowest BCUT2D eigenvalue weighted by Gasteiger charge is -2.08. The molecule has 0 amide bonds. The smallest absolute Gasteiger partial charge is 0.351 e. The summed E-state index contributed by atoms with van der Waals surface area (Å²) in [5, 5.41) is 0.0888. The minimum absolute atomic E-state index is 0.0374. The molecule has 0 aliphatic heterocycles. The first kappa shape index (κ1) is 20.1. The molecule has 11 heteroatoms. The number of nitrogens with zero attached hydrogens (tertiary/aromatic N) is 2. The first-order chi connectivity index (χ1) is 12.5. The number of halogens is 5. The number of nitrogens with one attached hydrogen (secondary N) is 1. The van der Waals surface area contributed by atoms with Crippen LogP contribution in [0.25, 0.3) is 22.4 Å². The highest BCUT2D eigenvalue weighted by Crippen LogP contribution is 2.37. The van der Waals surface area contributed by atoms with Gasteiger partial charge in [-0.15, -0.1) is 0 Å². The predicted molar refractivity (Wildman–Crippen MR) is 99.5 cm³/mol. The van der Waals surface area contributed by atoms with Gasteiger partial charge in [0.15, 0.2) is 9.84 Å². The van der Waals surface area contributed by atoms with Crippen molar-refractivity contribution in [1.29, 1.82) is 0 Å². The van der Waals surface area contributed by atoms with Gasteiger partial charge in [0.1, 0.15) is 11.2 Å². The van der Waals surface area contributed by atoms with Gasteiger partial charge >= 0.3 is 6.18 Å². The fourth-order valence-corrected chi connectivity index (χ4v) is 4.42. The number of pyridine rings is 2. The van der Waals surface area contributed by atoms with E-state index in [4.69, 9.17) is 11.6 Å². The molecule has 0 bridgehead atoms. The van der Waals surface area contributed by atoms with Gasteiger partial charge in [-0.2, -0.15) is 13.2 Å². The number of aromatic nitrogens is 3. The minimum atomic E-state index is -4.37. The van der Waals surface area contributed by atoms with Gasteiger partial charge in [0.25, 0.3) is 0 Å². The number of fused-ring (bicyclic) bond motifs is 1. The Morgan fingerprint density at radius 3 is 2.56 bits per heavy atom. The lowest BCUT2D eigenvalue weighted by Crippen LogP contribution is -2.11. The maximum atomic E-state index is 12.6. The summed E-state index contributed by atoms with van der Waals surface area (Å²) in [6, 6.07) is 2.70. The lowest BCUT2D eigenvalue weighted by molar-refractivity contribution is -0.127. The van der Waals surface area contributed by atoms with Crippen LogP contribution in [0.15, 0.2) is 33.9 Å². The highest BCUT2D eigenvalue weighted by atomic mass is 79.9. The van der Waals surface area contributed by atoms with Crippen LogP contribution in [0.4, 0.5) is 13.2 Å². The fourth-order valence-electron chi connectivity index (χ4n) is 2.58. The molecule has 3 heterocycles. The first-order valence-electron chi connectivity index (χ1n) is 7.63. The second-order valence-electron chi connectivity index (χ2n) is 5.75. The third-order valence-electron chi connectivity index (χ3n) is 3.81. The first-order valence-corrected chi connectivity index (χ1v) is 10.5. The molecular weight excluding hydrogens is 471 g/mol. The van der Waals surface area contributed by atoms with E-state index in [-0.39, 0.29) is 43.7 Å². The van der Waals surface area contributed by atoms with Crippen molar-refractivity contribution in [3.05, 3.63) is 39.6 Å². The third-order valence-corrected chi connectivity index (χ3v) is 6.35. The van der Waals surface area contributed by atoms with Crippen molar-refractivity contribution in [3.8, 4) is 11.4 Å². The zero-order chi connectivity index (χ0) is 20.0. The second-order valence-corrected chi connectivity index (χ2v) is 9.29. The van der Waals surface area contributed by atoms with Crippen molar-refractivity contribution < 1.29 is 21.6 Å². The molecule has 5 nitrogen and oxygen atoms in total. The molecule has 0 saturated carbocycles. The molecule has 0 spiro atoms. The maximum Gasteiger partial charge on any atom is 0.393 e. The zero-order valence-corrected chi connectivity index (χ0v) is 16.9. The summed E-state index contributed by atoms with van der Waals surface area (Å²) in [5.74, 6) is -0.149. The number of aromatic amines is 1. The Bertz CT molecular complexity index is 1130. The van der Waals surface area contributed by atoms with E-state index in [9.17, 15) is 21.6 Å². The van der Waals surface area contributed by atoms with Crippen molar-refractivity contribution >= 4 is 48.4 Å². The van der Waals surface area contributed by atoms with Crippen molar-refractivity contribution in [3.63, 3.8) is 0 Å². The van der Waals surface area contributed by atoms with Gasteiger partial charge in [0, 0.05) is 16.9 Å². The average molecular weight is 483 g/mol. The van der Waals surface area contributed by atoms with E-state index in [1.54, 1.807) is 0 Å². The Kier molecular flexibility index (Phi) is 5.26. The molecule has 0 saturated heterocycles. The molecule has 27 heavy (non-hydrogen) atoms. The molecule has 0 fully saturated rings. The van der Waals surface area contributed by atoms with Gasteiger partial charge in [0.05, 0.1) is 33.3 Å². The number of rotatable bonds is 4. The van der Waals surface area contributed by atoms with Crippen LogP contribution in [0.3, 0.4) is 0 Å². The van der Waals surface area contributed by atoms with Crippen LogP contribution in [0.1, 0.15) is 12.5 Å². The fraction of sp³-hybridized carbons (Fsp3) is 0.250. The number of hydrogen-bond acceptors (Lipinski definition) is 4. The molecule has 3 aromatic rings. The van der Waals surface area contributed by atoms with E-state index in [1.165, 1.54) is 25.3 Å². The SMILES string of the molecule is CCS(=O)(=O)c1cc(Br)cnc1-c1[nH]c2cc(CC(F)(F)F)cnc2c1Cl. The van der Waals surface area contributed by atoms with Gasteiger partial charge in [-0.25, -0.2) is 8.42 Å². The minimum Gasteiger partial charge on any atom is -0.351 e. The number of H-pyrrole nitrogens is 1. The van der Waals surface area contributed by atoms with Crippen LogP contribution >= 0.6 is 27.5 Å². The van der Waals surface area contributed by atoms with Gasteiger partial charge in [-0.1, -0.05) is 18.5 Å². The summed E-state index contributed by atoms with van der Waals surface area (Å²) in [6.07, 6.45) is -3.00. The maximum absolute atomic E-state index is 12.6. The van der Waals surface area contributed by atoms with Gasteiger partial charge in [-0.3, -0.25) is 9.97 Å². The standard InChI is InChI=1S/C16H12BrClF3N3O2S/c1-2-27(25,26)11-4-9(17)7-23-14(11)15-12(18)13-10(24-15)3-8(6-22-13)5-16(19,20)21/h3-4,6-7,24H,2,5H2,1H3. The van der Waals surface area contributed by atoms with E-state index < -0.39 is 22.4 Å². The van der Waals surface area contributed by atoms with E-state index in [2.05, 4.69) is 30.9 Å². The van der Waals surface area contributed by atoms with Crippen LogP contribution in [-0.2, 0) is 16.3 Å². The van der Waals surface area contributed by atoms with Gasteiger partial charge in [0.2, 0.25) is 0 Å². The average Bonchev–Trinajstić information content (AvgIpc) is 2.89. The summed E-state index contributed by atoms with van der Waals surface area (Å²) in [5.41, 5.74) is 0.733. The number of alkyl halides is 3. The topological polar surface area (TPSA) is 75.7 Å². The van der Waals surface area contributed by atoms with E-state index in [1.807, 2.05) is 0 Å². The monoisotopic (exact) mass is 481 g/mol. The number of hydrogen-bond donors (Lipinski definition) is 1. The molecule has 3 aromatic heterocycles. The van der Waals surface area contributed by atoms with Crippen molar-refractivity contribution in [1.82, 2.24) is 15.0 Å². The quantitative estimate of drug-likeness (QED) is 0.572. The summed E-state index contributed by atoms with van der Waals surface area (Å²) in [6.45, 7) is 1.50. The Hall–Kier alpha value is -1.65. The largest absolute Gasteiger partial charge is 0.393 e. The Labute approximate surface area is 166 Å².